The monoisotopic (exact) mass is 1690 g/mol. The third-order valence-corrected chi connectivity index (χ3v) is 29.8. The van der Waals surface area contributed by atoms with E-state index in [0.29, 0.717) is 38.5 Å². The van der Waals surface area contributed by atoms with Crippen molar-refractivity contribution in [1.82, 2.24) is 14.7 Å². The lowest BCUT2D eigenvalue weighted by atomic mass is 9.81. The fourth-order valence-corrected chi connectivity index (χ4v) is 21.0. The number of amides is 9. The number of ether oxygens (including phenoxy) is 12. The van der Waals surface area contributed by atoms with Crippen LogP contribution in [0.5, 0.6) is 34.5 Å². The molecule has 30 heteroatoms. The van der Waals surface area contributed by atoms with Crippen molar-refractivity contribution in [3.8, 4) is 34.5 Å². The van der Waals surface area contributed by atoms with Gasteiger partial charge in [-0.3, -0.25) is 71.9 Å². The Balaban J connectivity index is 0.631. The van der Waals surface area contributed by atoms with Gasteiger partial charge < -0.3 is 56.8 Å². The summed E-state index contributed by atoms with van der Waals surface area (Å²) >= 11 is 0. The van der Waals surface area contributed by atoms with Crippen LogP contribution in [0.15, 0.2) is 54.6 Å². The van der Waals surface area contributed by atoms with Gasteiger partial charge in [0, 0.05) is 55.2 Å². The second-order valence-electron chi connectivity index (χ2n) is 38.5. The highest BCUT2D eigenvalue weighted by molar-refractivity contribution is 6.35. The van der Waals surface area contributed by atoms with Gasteiger partial charge in [0.15, 0.2) is 34.5 Å². The maximum atomic E-state index is 15.6. The van der Waals surface area contributed by atoms with E-state index in [1.165, 1.54) is 0 Å². The summed E-state index contributed by atoms with van der Waals surface area (Å²) in [5.41, 5.74) is -6.94. The molecular formula is C93H99N3O27. The highest BCUT2D eigenvalue weighted by Gasteiger charge is 2.60. The van der Waals surface area contributed by atoms with E-state index in [1.807, 2.05) is 41.5 Å². The molecule has 6 saturated heterocycles. The third kappa shape index (κ3) is 16.1. The maximum Gasteiger partial charge on any atom is 0.311 e. The zero-order valence-electron chi connectivity index (χ0n) is 69.7. The minimum Gasteiger partial charge on any atom is -0.422 e. The lowest BCUT2D eigenvalue weighted by molar-refractivity contribution is -0.137. The molecule has 9 aliphatic heterocycles. The minimum atomic E-state index is -1.58. The molecule has 9 heterocycles. The van der Waals surface area contributed by atoms with Crippen molar-refractivity contribution in [3.63, 3.8) is 0 Å². The molecule has 0 bridgehead atoms. The van der Waals surface area contributed by atoms with Crippen LogP contribution in [0.2, 0.25) is 0 Å². The molecule has 0 N–H and O–H groups in total. The first-order valence-corrected chi connectivity index (χ1v) is 43.9. The topological polar surface area (TPSA) is 396 Å². The Morgan fingerprint density at radius 3 is 0.569 bits per heavy atom. The number of hydrogen-bond donors (Lipinski definition) is 0. The number of epoxide rings is 6. The van der Waals surface area contributed by atoms with Gasteiger partial charge >= 0.3 is 35.8 Å². The second-order valence-corrected chi connectivity index (χ2v) is 38.5. The smallest absolute Gasteiger partial charge is 0.311 e. The molecule has 0 aromatic heterocycles. The molecular weight excluding hydrogens is 1590 g/mol. The van der Waals surface area contributed by atoms with Gasteiger partial charge in [0.25, 0.3) is 53.2 Å². The van der Waals surface area contributed by atoms with Crippen LogP contribution >= 0.6 is 0 Å². The predicted molar refractivity (Wildman–Crippen MR) is 423 cm³/mol. The van der Waals surface area contributed by atoms with Crippen molar-refractivity contribution < 1.29 is 129 Å². The molecule has 0 spiro atoms. The largest absolute Gasteiger partial charge is 0.422 e. The van der Waals surface area contributed by atoms with Crippen molar-refractivity contribution in [2.45, 2.75) is 304 Å². The van der Waals surface area contributed by atoms with Crippen molar-refractivity contribution in [3.05, 3.63) is 105 Å². The average Bonchev–Trinajstić information content (AvgIpc) is 1.57. The van der Waals surface area contributed by atoms with E-state index < -0.39 is 174 Å². The highest BCUT2D eigenvalue weighted by Crippen LogP contribution is 2.56. The number of benzene rings is 4. The summed E-state index contributed by atoms with van der Waals surface area (Å²) < 4.78 is 70.6. The number of nitrogens with zero attached hydrogens (tertiary/aromatic N) is 3. The van der Waals surface area contributed by atoms with E-state index in [-0.39, 0.29) is 159 Å². The number of carbonyl (C=O) groups excluding carboxylic acids is 15. The van der Waals surface area contributed by atoms with E-state index >= 15 is 43.2 Å². The number of hydrogen-bond acceptors (Lipinski definition) is 27. The average molecular weight is 1690 g/mol. The van der Waals surface area contributed by atoms with Crippen LogP contribution < -0.4 is 28.4 Å². The van der Waals surface area contributed by atoms with Crippen LogP contribution in [-0.2, 0) is 57.2 Å². The van der Waals surface area contributed by atoms with Crippen molar-refractivity contribution in [1.29, 1.82) is 0 Å². The maximum absolute atomic E-state index is 15.6. The first-order valence-electron chi connectivity index (χ1n) is 43.9. The molecule has 15 aliphatic rings. The Kier molecular flexibility index (Phi) is 20.6. The van der Waals surface area contributed by atoms with Crippen molar-refractivity contribution in [2.75, 3.05) is 0 Å². The van der Waals surface area contributed by atoms with Crippen LogP contribution in [0.3, 0.4) is 0 Å². The first-order chi connectivity index (χ1) is 58.6. The minimum absolute atomic E-state index is 0.0625. The van der Waals surface area contributed by atoms with Crippen LogP contribution in [0, 0.1) is 35.5 Å². The van der Waals surface area contributed by atoms with Gasteiger partial charge in [-0.15, -0.1) is 0 Å². The number of carbonyl (C=O) groups is 15. The van der Waals surface area contributed by atoms with Gasteiger partial charge in [-0.25, -0.2) is 14.7 Å². The Morgan fingerprint density at radius 1 is 0.268 bits per heavy atom. The van der Waals surface area contributed by atoms with Crippen molar-refractivity contribution in [2.24, 2.45) is 35.5 Å². The molecule has 18 unspecified atom stereocenters. The molecule has 0 radical (unpaired) electrons. The number of imide groups is 9. The van der Waals surface area contributed by atoms with E-state index in [0.717, 1.165) is 170 Å². The lowest BCUT2D eigenvalue weighted by Crippen LogP contribution is -2.39. The van der Waals surface area contributed by atoms with Crippen LogP contribution in [0.1, 0.15) is 327 Å². The van der Waals surface area contributed by atoms with E-state index in [4.69, 9.17) is 56.8 Å². The molecule has 19 rings (SSSR count). The SMILES string of the molecule is CC12CCC(CCC(=O)Oc3cc4c(cc3OC(=O)CCC3CCC5(C)OC5C3)C(=O)N(C(=O)c3cc(C(=O)N5C(=O)c6cc(OC(=O)CCC7CCC8(C)OC8C7)c(OC(=O)CCC7CCC8(C)OC8C7)cc6C5=O)cc(C(=O)N5C(=O)c6cc(OC(=O)CCC7CCC8(C)OC8C7)c(OC(=O)CCC7CCC8(C)OC8C7)cc6C5=O)c3)C4=O)CC1O2. The van der Waals surface area contributed by atoms with Crippen LogP contribution in [0.25, 0.3) is 0 Å². The van der Waals surface area contributed by atoms with Crippen LogP contribution in [-0.4, -0.2) is 174 Å². The summed E-state index contributed by atoms with van der Waals surface area (Å²) in [5, 5.41) is 0. The highest BCUT2D eigenvalue weighted by atomic mass is 16.6. The Labute approximate surface area is 708 Å². The summed E-state index contributed by atoms with van der Waals surface area (Å²) in [6, 6.07) is 8.09. The normalized spacial score (nSPS) is 33.3. The molecule has 6 aliphatic carbocycles. The quantitative estimate of drug-likeness (QED) is 0.0231. The molecule has 18 atom stereocenters. The van der Waals surface area contributed by atoms with Crippen molar-refractivity contribution >= 4 is 89.0 Å². The second kappa shape index (κ2) is 30.6. The molecule has 9 amide bonds. The molecule has 4 aromatic carbocycles. The zero-order valence-corrected chi connectivity index (χ0v) is 69.7. The van der Waals surface area contributed by atoms with E-state index in [1.54, 1.807) is 0 Å². The molecule has 30 nitrogen and oxygen atoms in total. The molecule has 123 heavy (non-hydrogen) atoms. The van der Waals surface area contributed by atoms with Gasteiger partial charge in [-0.05, 0) is 286 Å². The summed E-state index contributed by atoms with van der Waals surface area (Å²) in [4.78, 5) is 221. The summed E-state index contributed by atoms with van der Waals surface area (Å²) in [5.74, 6) is -19.5. The predicted octanol–water partition coefficient (Wildman–Crippen LogP) is 12.9. The molecule has 12 fully saturated rings. The van der Waals surface area contributed by atoms with E-state index in [2.05, 4.69) is 0 Å². The number of rotatable bonds is 27. The standard InChI is InChI=1S/C93H99N3O27/c1-88-25-19-46(31-67(88)118-88)7-13-73(97)112-61-40-55-56(41-62(61)113-74(98)14-8-47-20-26-89(2)68(32-47)119-89)83(107)94(82(55)106)79(103)52-37-53(80(104)95-84(108)57-42-63(114-75(99)15-9-48-21-27-90(3)69(33-48)120-90)64(43-58(57)85(95)109)115-76(100)16-10-49-22-28-91(4)70(34-49)121-91)39-54(38-52)81(105)96-86(110)59-44-65(116-77(101)17-11-50-23-29-92(5)71(35-50)122-92)66(45-60(59)87(96)111)117-78(102)18-12-51-24-30-93(6)72(36-51)123-93/h37-51,67-72H,7-36H2,1-6H3. The summed E-state index contributed by atoms with van der Waals surface area (Å²) in [7, 11) is 0. The van der Waals surface area contributed by atoms with Gasteiger partial charge in [0.1, 0.15) is 0 Å². The number of fused-ring (bicyclic) bond motifs is 9. The Hall–Kier alpha value is -10.1. The first kappa shape index (κ1) is 82.5. The van der Waals surface area contributed by atoms with Crippen LogP contribution in [0.4, 0.5) is 0 Å². The summed E-state index contributed by atoms with van der Waals surface area (Å²) in [6.07, 6.45) is 16.1. The lowest BCUT2D eigenvalue weighted by Gasteiger charge is -2.22. The summed E-state index contributed by atoms with van der Waals surface area (Å²) in [6.45, 7) is 12.3. The van der Waals surface area contributed by atoms with Gasteiger partial charge in [0.2, 0.25) is 0 Å². The Morgan fingerprint density at radius 2 is 0.423 bits per heavy atom. The number of esters is 6. The van der Waals surface area contributed by atoms with E-state index in [9.17, 15) is 28.8 Å². The fraction of sp³-hybridized carbons (Fsp3) is 0.581. The third-order valence-electron chi connectivity index (χ3n) is 29.8. The zero-order chi connectivity index (χ0) is 86.0. The fourth-order valence-electron chi connectivity index (χ4n) is 21.0. The van der Waals surface area contributed by atoms with Gasteiger partial charge in [-0.1, -0.05) is 0 Å². The molecule has 6 saturated carbocycles. The molecule has 4 aromatic rings. The van der Waals surface area contributed by atoms with Gasteiger partial charge in [0.05, 0.1) is 104 Å². The van der Waals surface area contributed by atoms with Gasteiger partial charge in [-0.2, -0.15) is 0 Å². The Bertz CT molecular complexity index is 4530. The molecule has 648 valence electrons.